The van der Waals surface area contributed by atoms with Crippen molar-refractivity contribution in [2.75, 3.05) is 13.1 Å². The van der Waals surface area contributed by atoms with E-state index in [0.29, 0.717) is 0 Å². The quantitative estimate of drug-likeness (QED) is 0.832. The second kappa shape index (κ2) is 5.69. The van der Waals surface area contributed by atoms with Gasteiger partial charge in [-0.3, -0.25) is 0 Å². The Labute approximate surface area is 111 Å². The van der Waals surface area contributed by atoms with Gasteiger partial charge < -0.3 is 9.88 Å². The van der Waals surface area contributed by atoms with Gasteiger partial charge in [-0.1, -0.05) is 25.1 Å². The van der Waals surface area contributed by atoms with Gasteiger partial charge in [0.1, 0.15) is 0 Å². The molecule has 0 radical (unpaired) electrons. The van der Waals surface area contributed by atoms with Crippen molar-refractivity contribution in [2.45, 2.75) is 26.8 Å². The van der Waals surface area contributed by atoms with E-state index in [-0.39, 0.29) is 0 Å². The second-order valence-electron chi connectivity index (χ2n) is 4.28. The van der Waals surface area contributed by atoms with Crippen LogP contribution >= 0.6 is 15.9 Å². The van der Waals surface area contributed by atoms with E-state index >= 15 is 0 Å². The van der Waals surface area contributed by atoms with Gasteiger partial charge in [0.2, 0.25) is 0 Å². The van der Waals surface area contributed by atoms with Gasteiger partial charge in [-0.15, -0.1) is 0 Å². The molecule has 1 heterocycles. The summed E-state index contributed by atoms with van der Waals surface area (Å²) in [4.78, 5) is 0. The highest BCUT2D eigenvalue weighted by atomic mass is 79.9. The van der Waals surface area contributed by atoms with Crippen molar-refractivity contribution in [3.05, 3.63) is 34.4 Å². The summed E-state index contributed by atoms with van der Waals surface area (Å²) in [5.74, 6) is 0. The number of rotatable bonds is 5. The largest absolute Gasteiger partial charge is 0.344 e. The summed E-state index contributed by atoms with van der Waals surface area (Å²) in [5.41, 5.74) is 2.65. The van der Waals surface area contributed by atoms with Crippen molar-refractivity contribution in [3.63, 3.8) is 0 Å². The van der Waals surface area contributed by atoms with Gasteiger partial charge in [0, 0.05) is 27.6 Å². The van der Waals surface area contributed by atoms with Crippen molar-refractivity contribution < 1.29 is 0 Å². The van der Waals surface area contributed by atoms with Crippen LogP contribution in [0.15, 0.2) is 28.7 Å². The molecule has 1 aromatic heterocycles. The van der Waals surface area contributed by atoms with E-state index in [0.717, 1.165) is 19.6 Å². The van der Waals surface area contributed by atoms with Crippen molar-refractivity contribution in [3.8, 4) is 0 Å². The minimum absolute atomic E-state index is 1.05. The number of halogens is 1. The van der Waals surface area contributed by atoms with Crippen molar-refractivity contribution in [1.82, 2.24) is 9.88 Å². The van der Waals surface area contributed by atoms with Crippen LogP contribution in [0.2, 0.25) is 0 Å². The molecule has 1 N–H and O–H groups in total. The Morgan fingerprint density at radius 3 is 2.82 bits per heavy atom. The number of hydrogen-bond donors (Lipinski definition) is 1. The first-order valence-corrected chi connectivity index (χ1v) is 6.99. The monoisotopic (exact) mass is 294 g/mol. The lowest BCUT2D eigenvalue weighted by molar-refractivity contribution is 0.596. The molecule has 0 saturated heterocycles. The lowest BCUT2D eigenvalue weighted by atomic mass is 10.2. The van der Waals surface area contributed by atoms with Crippen molar-refractivity contribution in [1.29, 1.82) is 0 Å². The zero-order valence-electron chi connectivity index (χ0n) is 10.5. The highest BCUT2D eigenvalue weighted by Gasteiger charge is 2.10. The summed E-state index contributed by atoms with van der Waals surface area (Å²) in [6.45, 7) is 7.53. The Bertz CT molecular complexity index is 502. The van der Waals surface area contributed by atoms with E-state index in [2.05, 4.69) is 63.9 Å². The first-order valence-electron chi connectivity index (χ1n) is 6.19. The van der Waals surface area contributed by atoms with Crippen LogP contribution in [0.4, 0.5) is 0 Å². The average molecular weight is 295 g/mol. The summed E-state index contributed by atoms with van der Waals surface area (Å²) in [7, 11) is 0. The number of fused-ring (bicyclic) bond motifs is 1. The SMILES string of the molecule is CCNCCCn1c(C)c(Br)c2ccccc21. The maximum Gasteiger partial charge on any atom is 0.0494 e. The Hall–Kier alpha value is -0.800. The molecule has 0 aliphatic rings. The molecular weight excluding hydrogens is 276 g/mol. The van der Waals surface area contributed by atoms with E-state index in [9.17, 15) is 0 Å². The summed E-state index contributed by atoms with van der Waals surface area (Å²) >= 11 is 3.69. The van der Waals surface area contributed by atoms with Crippen molar-refractivity contribution in [2.24, 2.45) is 0 Å². The molecule has 2 rings (SSSR count). The fraction of sp³-hybridized carbons (Fsp3) is 0.429. The molecular formula is C14H19BrN2. The molecule has 3 heteroatoms. The molecule has 2 aromatic rings. The number of benzene rings is 1. The Balaban J connectivity index is 2.24. The number of nitrogens with zero attached hydrogens (tertiary/aromatic N) is 1. The molecule has 0 amide bonds. The van der Waals surface area contributed by atoms with Crippen molar-refractivity contribution >= 4 is 26.8 Å². The molecule has 1 aromatic carbocycles. The van der Waals surface area contributed by atoms with Gasteiger partial charge in [-0.2, -0.15) is 0 Å². The van der Waals surface area contributed by atoms with Gasteiger partial charge in [0.05, 0.1) is 0 Å². The molecule has 0 aliphatic carbocycles. The van der Waals surface area contributed by atoms with Crippen LogP contribution in [0.3, 0.4) is 0 Å². The predicted molar refractivity (Wildman–Crippen MR) is 77.5 cm³/mol. The van der Waals surface area contributed by atoms with E-state index in [1.54, 1.807) is 0 Å². The third-order valence-electron chi connectivity index (χ3n) is 3.14. The molecule has 92 valence electrons. The summed E-state index contributed by atoms with van der Waals surface area (Å²) in [6, 6.07) is 8.57. The molecule has 0 aliphatic heterocycles. The smallest absolute Gasteiger partial charge is 0.0494 e. The predicted octanol–water partition coefficient (Wildman–Crippen LogP) is 3.71. The van der Waals surface area contributed by atoms with Gasteiger partial charge in [0.25, 0.3) is 0 Å². The van der Waals surface area contributed by atoms with Crippen LogP contribution < -0.4 is 5.32 Å². The zero-order valence-corrected chi connectivity index (χ0v) is 12.0. The van der Waals surface area contributed by atoms with Gasteiger partial charge in [-0.05, 0) is 48.4 Å². The summed E-state index contributed by atoms with van der Waals surface area (Å²) < 4.78 is 3.63. The van der Waals surface area contributed by atoms with Crippen LogP contribution in [0.25, 0.3) is 10.9 Å². The highest BCUT2D eigenvalue weighted by Crippen LogP contribution is 2.30. The third-order valence-corrected chi connectivity index (χ3v) is 4.14. The van der Waals surface area contributed by atoms with Crippen LogP contribution in [0.1, 0.15) is 19.0 Å². The first kappa shape index (κ1) is 12.7. The number of nitrogens with one attached hydrogen (secondary N) is 1. The Morgan fingerprint density at radius 2 is 2.06 bits per heavy atom. The maximum absolute atomic E-state index is 3.69. The van der Waals surface area contributed by atoms with Gasteiger partial charge >= 0.3 is 0 Å². The molecule has 0 unspecified atom stereocenters. The Morgan fingerprint density at radius 1 is 1.29 bits per heavy atom. The van der Waals surface area contributed by atoms with Crippen LogP contribution in [0, 0.1) is 6.92 Å². The normalized spacial score (nSPS) is 11.2. The lowest BCUT2D eigenvalue weighted by Crippen LogP contribution is -2.16. The van der Waals surface area contributed by atoms with Crippen LogP contribution in [0.5, 0.6) is 0 Å². The standard InChI is InChI=1S/C14H19BrN2/c1-3-16-9-6-10-17-11(2)14(15)12-7-4-5-8-13(12)17/h4-5,7-8,16H,3,6,9-10H2,1-2H3. The molecule has 0 atom stereocenters. The number of aromatic nitrogens is 1. The van der Waals surface area contributed by atoms with Crippen LogP contribution in [-0.4, -0.2) is 17.7 Å². The fourth-order valence-corrected chi connectivity index (χ4v) is 2.77. The van der Waals surface area contributed by atoms with Gasteiger partial charge in [0.15, 0.2) is 0 Å². The molecule has 0 spiro atoms. The highest BCUT2D eigenvalue weighted by molar-refractivity contribution is 9.10. The molecule has 17 heavy (non-hydrogen) atoms. The van der Waals surface area contributed by atoms with E-state index in [1.165, 1.54) is 27.5 Å². The number of hydrogen-bond acceptors (Lipinski definition) is 1. The third kappa shape index (κ3) is 2.55. The van der Waals surface area contributed by atoms with E-state index in [1.807, 2.05) is 0 Å². The summed E-state index contributed by atoms with van der Waals surface area (Å²) in [5, 5.41) is 4.68. The van der Waals surface area contributed by atoms with Gasteiger partial charge in [-0.25, -0.2) is 0 Å². The molecule has 0 bridgehead atoms. The lowest BCUT2D eigenvalue weighted by Gasteiger charge is -2.08. The zero-order chi connectivity index (χ0) is 12.3. The second-order valence-corrected chi connectivity index (χ2v) is 5.07. The maximum atomic E-state index is 3.69. The fourth-order valence-electron chi connectivity index (χ4n) is 2.22. The summed E-state index contributed by atoms with van der Waals surface area (Å²) in [6.07, 6.45) is 1.17. The minimum atomic E-state index is 1.05. The van der Waals surface area contributed by atoms with E-state index < -0.39 is 0 Å². The minimum Gasteiger partial charge on any atom is -0.344 e. The molecule has 0 saturated carbocycles. The molecule has 0 fully saturated rings. The number of aryl methyl sites for hydroxylation is 1. The topological polar surface area (TPSA) is 17.0 Å². The van der Waals surface area contributed by atoms with Crippen LogP contribution in [-0.2, 0) is 6.54 Å². The number of para-hydroxylation sites is 1. The average Bonchev–Trinajstić information content (AvgIpc) is 2.60. The van der Waals surface area contributed by atoms with E-state index in [4.69, 9.17) is 0 Å². The Kier molecular flexibility index (Phi) is 4.24. The molecule has 2 nitrogen and oxygen atoms in total. The first-order chi connectivity index (χ1) is 8.25.